The number of methoxy groups -OCH3 is 3. The molecule has 1 amide bonds. The summed E-state index contributed by atoms with van der Waals surface area (Å²) in [7, 11) is 4.39. The van der Waals surface area contributed by atoms with E-state index >= 15 is 0 Å². The third-order valence-electron chi connectivity index (χ3n) is 6.32. The molecule has 1 saturated heterocycles. The van der Waals surface area contributed by atoms with Crippen LogP contribution in [-0.4, -0.2) is 72.9 Å². The van der Waals surface area contributed by atoms with E-state index in [2.05, 4.69) is 15.5 Å². The minimum Gasteiger partial charge on any atom is -0.493 e. The molecule has 1 fully saturated rings. The maximum atomic E-state index is 14.7. The van der Waals surface area contributed by atoms with Crippen molar-refractivity contribution in [1.82, 2.24) is 20.3 Å². The number of piperidine rings is 1. The number of aromatic nitrogens is 3. The first-order chi connectivity index (χ1) is 19.0. The molecule has 214 valence electrons. The summed E-state index contributed by atoms with van der Waals surface area (Å²) in [6.07, 6.45) is 0.697. The number of ketones is 1. The van der Waals surface area contributed by atoms with E-state index in [1.165, 1.54) is 45.6 Å². The Hall–Kier alpha value is -4.35. The van der Waals surface area contributed by atoms with Gasteiger partial charge in [-0.1, -0.05) is 12.1 Å². The summed E-state index contributed by atoms with van der Waals surface area (Å²) in [5, 5.41) is 11.9. The second-order valence-corrected chi connectivity index (χ2v) is 10.3. The summed E-state index contributed by atoms with van der Waals surface area (Å²) in [4.78, 5) is 29.1. The molecule has 3 aromatic rings. The summed E-state index contributed by atoms with van der Waals surface area (Å²) >= 11 is 0. The lowest BCUT2D eigenvalue weighted by molar-refractivity contribution is 0.0497. The van der Waals surface area contributed by atoms with Gasteiger partial charge in [0.2, 0.25) is 11.5 Å². The lowest BCUT2D eigenvalue weighted by Crippen LogP contribution is -2.46. The molecule has 0 saturated carbocycles. The molecule has 1 aliphatic rings. The number of amides is 1. The molecule has 0 radical (unpaired) electrons. The van der Waals surface area contributed by atoms with Crippen LogP contribution in [0.3, 0.4) is 0 Å². The van der Waals surface area contributed by atoms with Crippen LogP contribution in [0.2, 0.25) is 0 Å². The van der Waals surface area contributed by atoms with Crippen LogP contribution >= 0.6 is 0 Å². The van der Waals surface area contributed by atoms with Gasteiger partial charge < -0.3 is 29.2 Å². The maximum absolute atomic E-state index is 14.7. The summed E-state index contributed by atoms with van der Waals surface area (Å²) in [5.41, 5.74) is -0.221. The summed E-state index contributed by atoms with van der Waals surface area (Å²) < 4.78 is 36.2. The number of nitrogens with one attached hydrogen (secondary N) is 1. The first-order valence-electron chi connectivity index (χ1n) is 12.9. The molecule has 1 aliphatic heterocycles. The van der Waals surface area contributed by atoms with Gasteiger partial charge in [0, 0.05) is 24.7 Å². The van der Waals surface area contributed by atoms with Gasteiger partial charge in [-0.05, 0) is 57.9 Å². The minimum absolute atomic E-state index is 0.0380. The Labute approximate surface area is 232 Å². The quantitative estimate of drug-likeness (QED) is 0.409. The second kappa shape index (κ2) is 11.8. The van der Waals surface area contributed by atoms with Crippen molar-refractivity contribution in [3.63, 3.8) is 0 Å². The molecular weight excluding hydrogens is 521 g/mol. The molecule has 12 heteroatoms. The van der Waals surface area contributed by atoms with Crippen LogP contribution in [0.5, 0.6) is 17.2 Å². The van der Waals surface area contributed by atoms with Gasteiger partial charge in [-0.15, -0.1) is 15.0 Å². The van der Waals surface area contributed by atoms with Gasteiger partial charge in [-0.3, -0.25) is 4.79 Å². The summed E-state index contributed by atoms with van der Waals surface area (Å²) in [6.45, 7) is 6.37. The smallest absolute Gasteiger partial charge is 0.407 e. The Morgan fingerprint density at radius 1 is 0.975 bits per heavy atom. The predicted molar refractivity (Wildman–Crippen MR) is 145 cm³/mol. The van der Waals surface area contributed by atoms with Crippen molar-refractivity contribution in [2.45, 2.75) is 45.3 Å². The molecule has 0 unspecified atom stereocenters. The number of ether oxygens (including phenoxy) is 4. The SMILES string of the molecule is COc1cc(C(=O)c2nn(-c3ccccc3F)nc2N2CCC(NC(=O)OC(C)(C)C)CC2)cc(OC)c1OC. The minimum atomic E-state index is -0.599. The third kappa shape index (κ3) is 6.27. The molecule has 0 spiro atoms. The summed E-state index contributed by atoms with van der Waals surface area (Å²) in [5.74, 6) is 0.278. The molecule has 1 aromatic heterocycles. The Balaban J connectivity index is 1.66. The largest absolute Gasteiger partial charge is 0.493 e. The zero-order valence-electron chi connectivity index (χ0n) is 23.5. The number of nitrogens with zero attached hydrogens (tertiary/aromatic N) is 4. The number of anilines is 1. The average Bonchev–Trinajstić information content (AvgIpc) is 3.36. The van der Waals surface area contributed by atoms with E-state index < -0.39 is 23.3 Å². The molecule has 1 N–H and O–H groups in total. The van der Waals surface area contributed by atoms with E-state index in [0.717, 1.165) is 4.80 Å². The molecule has 11 nitrogen and oxygen atoms in total. The van der Waals surface area contributed by atoms with Gasteiger partial charge in [-0.2, -0.15) is 0 Å². The van der Waals surface area contributed by atoms with Gasteiger partial charge in [-0.25, -0.2) is 9.18 Å². The molecule has 0 atom stereocenters. The topological polar surface area (TPSA) is 117 Å². The van der Waals surface area contributed by atoms with E-state index in [-0.39, 0.29) is 23.0 Å². The van der Waals surface area contributed by atoms with E-state index in [1.54, 1.807) is 32.9 Å². The number of carbonyl (C=O) groups excluding carboxylic acids is 2. The number of alkyl carbamates (subject to hydrolysis) is 1. The highest BCUT2D eigenvalue weighted by Gasteiger charge is 2.31. The zero-order valence-corrected chi connectivity index (χ0v) is 23.5. The van der Waals surface area contributed by atoms with Gasteiger partial charge in [0.15, 0.2) is 28.8 Å². The van der Waals surface area contributed by atoms with Crippen LogP contribution in [0.15, 0.2) is 36.4 Å². The van der Waals surface area contributed by atoms with Crippen LogP contribution in [0.25, 0.3) is 5.69 Å². The standard InChI is InChI=1S/C28H34FN5O6/c1-28(2,3)40-27(36)30-18-11-13-33(14-12-18)26-23(31-34(32-26)20-10-8-7-9-19(20)29)24(35)17-15-21(37-4)25(39-6)22(16-17)38-5/h7-10,15-16,18H,11-14H2,1-6H3,(H,30,36). The Morgan fingerprint density at radius 3 is 2.15 bits per heavy atom. The van der Waals surface area contributed by atoms with E-state index in [0.29, 0.717) is 49.0 Å². The lowest BCUT2D eigenvalue weighted by Gasteiger charge is -2.33. The Bertz CT molecular complexity index is 1350. The fraction of sp³-hybridized carbons (Fsp3) is 0.429. The van der Waals surface area contributed by atoms with Gasteiger partial charge in [0.05, 0.1) is 21.3 Å². The number of carbonyl (C=O) groups is 2. The molecule has 0 bridgehead atoms. The maximum Gasteiger partial charge on any atom is 0.407 e. The highest BCUT2D eigenvalue weighted by molar-refractivity contribution is 6.11. The monoisotopic (exact) mass is 555 g/mol. The zero-order chi connectivity index (χ0) is 29.0. The van der Waals surface area contributed by atoms with Crippen LogP contribution < -0.4 is 24.4 Å². The highest BCUT2D eigenvalue weighted by atomic mass is 19.1. The van der Waals surface area contributed by atoms with Crippen LogP contribution in [-0.2, 0) is 4.74 Å². The fourth-order valence-corrected chi connectivity index (χ4v) is 4.44. The molecule has 2 heterocycles. The van der Waals surface area contributed by atoms with Crippen molar-refractivity contribution in [3.8, 4) is 22.9 Å². The highest BCUT2D eigenvalue weighted by Crippen LogP contribution is 2.39. The molecular formula is C28H34FN5O6. The van der Waals surface area contributed by atoms with E-state index in [1.807, 2.05) is 4.90 Å². The molecule has 2 aromatic carbocycles. The van der Waals surface area contributed by atoms with E-state index in [9.17, 15) is 14.0 Å². The Kier molecular flexibility index (Phi) is 8.46. The predicted octanol–water partition coefficient (Wildman–Crippen LogP) is 4.16. The number of hydrogen-bond acceptors (Lipinski definition) is 9. The van der Waals surface area contributed by atoms with Crippen molar-refractivity contribution in [3.05, 3.63) is 53.5 Å². The molecule has 4 rings (SSSR count). The van der Waals surface area contributed by atoms with Gasteiger partial charge >= 0.3 is 6.09 Å². The van der Waals surface area contributed by atoms with Gasteiger partial charge in [0.25, 0.3) is 0 Å². The number of rotatable bonds is 8. The van der Waals surface area contributed by atoms with Crippen LogP contribution in [0.1, 0.15) is 49.7 Å². The average molecular weight is 556 g/mol. The first kappa shape index (κ1) is 28.7. The number of para-hydroxylation sites is 1. The molecule has 40 heavy (non-hydrogen) atoms. The number of benzene rings is 2. The van der Waals surface area contributed by atoms with Gasteiger partial charge in [0.1, 0.15) is 11.3 Å². The second-order valence-electron chi connectivity index (χ2n) is 10.3. The fourth-order valence-electron chi connectivity index (χ4n) is 4.44. The van der Waals surface area contributed by atoms with Crippen molar-refractivity contribution in [2.24, 2.45) is 0 Å². The summed E-state index contributed by atoms with van der Waals surface area (Å²) in [6, 6.07) is 9.02. The normalized spacial score (nSPS) is 14.0. The number of halogens is 1. The van der Waals surface area contributed by atoms with Crippen LogP contribution in [0.4, 0.5) is 15.0 Å². The van der Waals surface area contributed by atoms with Crippen molar-refractivity contribution >= 4 is 17.7 Å². The molecule has 0 aliphatic carbocycles. The van der Waals surface area contributed by atoms with Crippen molar-refractivity contribution in [2.75, 3.05) is 39.3 Å². The van der Waals surface area contributed by atoms with Crippen LogP contribution in [0, 0.1) is 5.82 Å². The Morgan fingerprint density at radius 2 is 1.60 bits per heavy atom. The third-order valence-corrected chi connectivity index (χ3v) is 6.32. The first-order valence-corrected chi connectivity index (χ1v) is 12.9. The van der Waals surface area contributed by atoms with E-state index in [4.69, 9.17) is 18.9 Å². The number of hydrogen-bond donors (Lipinski definition) is 1. The van der Waals surface area contributed by atoms with Crippen molar-refractivity contribution < 1.29 is 32.9 Å². The van der Waals surface area contributed by atoms with Crippen molar-refractivity contribution in [1.29, 1.82) is 0 Å². The lowest BCUT2D eigenvalue weighted by atomic mass is 10.0.